The van der Waals surface area contributed by atoms with Gasteiger partial charge in [-0.25, -0.2) is 0 Å². The molecule has 1 unspecified atom stereocenters. The van der Waals surface area contributed by atoms with Crippen LogP contribution in [0.2, 0.25) is 0 Å². The number of hydrogen-bond acceptors (Lipinski definition) is 2. The Morgan fingerprint density at radius 3 is 2.18 bits per heavy atom. The maximum absolute atomic E-state index is 10.5. The first-order valence-corrected chi connectivity index (χ1v) is 7.38. The van der Waals surface area contributed by atoms with Crippen LogP contribution in [0.25, 0.3) is 0 Å². The van der Waals surface area contributed by atoms with E-state index in [1.807, 2.05) is 0 Å². The highest BCUT2D eigenvalue weighted by molar-refractivity contribution is 6.20. The molecule has 0 saturated heterocycles. The van der Waals surface area contributed by atoms with Gasteiger partial charge in [0.1, 0.15) is 0 Å². The van der Waals surface area contributed by atoms with Crippen LogP contribution in [0.3, 0.4) is 0 Å². The molecule has 0 aliphatic rings. The van der Waals surface area contributed by atoms with E-state index in [1.54, 1.807) is 0 Å². The van der Waals surface area contributed by atoms with Gasteiger partial charge in [0, 0.05) is 12.3 Å². The number of ether oxygens (including phenoxy) is 1. The lowest BCUT2D eigenvalue weighted by Crippen LogP contribution is -2.02. The molecule has 102 valence electrons. The average Bonchev–Trinajstić information content (AvgIpc) is 2.29. The van der Waals surface area contributed by atoms with Gasteiger partial charge in [-0.2, -0.15) is 0 Å². The molecule has 2 nitrogen and oxygen atoms in total. The second kappa shape index (κ2) is 12.2. The van der Waals surface area contributed by atoms with Crippen molar-refractivity contribution < 1.29 is 9.53 Å². The molecule has 0 N–H and O–H groups in total. The van der Waals surface area contributed by atoms with Crippen molar-refractivity contribution in [1.82, 2.24) is 0 Å². The van der Waals surface area contributed by atoms with Crippen LogP contribution in [0.1, 0.15) is 71.6 Å². The molecule has 0 spiro atoms. The molecule has 0 fully saturated rings. The summed E-state index contributed by atoms with van der Waals surface area (Å²) in [5.41, 5.74) is 0. The molecular weight excluding hydrogens is 236 g/mol. The highest BCUT2D eigenvalue weighted by Gasteiger charge is 2.04. The fraction of sp³-hybridized carbons (Fsp3) is 0.929. The Balaban J connectivity index is 3.16. The maximum atomic E-state index is 10.5. The highest BCUT2D eigenvalue weighted by atomic mass is 35.5. The Morgan fingerprint density at radius 1 is 1.06 bits per heavy atom. The lowest BCUT2D eigenvalue weighted by atomic mass is 10.1. The first-order valence-electron chi connectivity index (χ1n) is 6.94. The first kappa shape index (κ1) is 16.8. The van der Waals surface area contributed by atoms with Crippen LogP contribution in [0, 0.1) is 0 Å². The fourth-order valence-corrected chi connectivity index (χ4v) is 2.11. The van der Waals surface area contributed by atoms with Crippen molar-refractivity contribution in [2.75, 3.05) is 6.61 Å². The van der Waals surface area contributed by atoms with Crippen LogP contribution in [-0.4, -0.2) is 18.0 Å². The fourth-order valence-electron chi connectivity index (χ4n) is 1.80. The van der Waals surface area contributed by atoms with E-state index in [1.165, 1.54) is 32.6 Å². The molecule has 0 aromatic heterocycles. The number of carbonyl (C=O) groups excluding carboxylic acids is 1. The van der Waals surface area contributed by atoms with Gasteiger partial charge in [0.2, 0.25) is 0 Å². The van der Waals surface area contributed by atoms with Crippen LogP contribution >= 0.6 is 11.6 Å². The Labute approximate surface area is 111 Å². The topological polar surface area (TPSA) is 26.3 Å². The first-order chi connectivity index (χ1) is 8.16. The molecule has 0 aliphatic carbocycles. The van der Waals surface area contributed by atoms with Crippen LogP contribution < -0.4 is 0 Å². The van der Waals surface area contributed by atoms with E-state index in [-0.39, 0.29) is 5.97 Å². The SMILES string of the molecule is CCCCCCC(Cl)CCCCCOC(C)=O. The van der Waals surface area contributed by atoms with E-state index in [0.29, 0.717) is 12.0 Å². The second-order valence-electron chi connectivity index (χ2n) is 4.64. The zero-order valence-corrected chi connectivity index (χ0v) is 12.1. The molecule has 0 amide bonds. The summed E-state index contributed by atoms with van der Waals surface area (Å²) in [5, 5.41) is 0.334. The standard InChI is InChI=1S/C14H27ClO2/c1-3-4-5-7-10-14(15)11-8-6-9-12-17-13(2)16/h14H,3-12H2,1-2H3. The molecular formula is C14H27ClO2. The summed E-state index contributed by atoms with van der Waals surface area (Å²) in [5.74, 6) is -0.184. The predicted octanol–water partition coefficient (Wildman–Crippen LogP) is 4.69. The third-order valence-electron chi connectivity index (χ3n) is 2.84. The van der Waals surface area contributed by atoms with Gasteiger partial charge >= 0.3 is 5.97 Å². The lowest BCUT2D eigenvalue weighted by Gasteiger charge is -2.08. The zero-order chi connectivity index (χ0) is 12.9. The number of halogens is 1. The molecule has 0 aliphatic heterocycles. The zero-order valence-electron chi connectivity index (χ0n) is 11.3. The van der Waals surface area contributed by atoms with Crippen molar-refractivity contribution in [2.45, 2.75) is 77.0 Å². The van der Waals surface area contributed by atoms with Crippen molar-refractivity contribution in [3.05, 3.63) is 0 Å². The molecule has 0 bridgehead atoms. The van der Waals surface area contributed by atoms with Gasteiger partial charge in [-0.1, -0.05) is 45.4 Å². The molecule has 17 heavy (non-hydrogen) atoms. The van der Waals surface area contributed by atoms with Crippen molar-refractivity contribution in [3.63, 3.8) is 0 Å². The summed E-state index contributed by atoms with van der Waals surface area (Å²) in [6.07, 6.45) is 10.6. The summed E-state index contributed by atoms with van der Waals surface area (Å²) in [4.78, 5) is 10.5. The van der Waals surface area contributed by atoms with E-state index in [0.717, 1.165) is 32.1 Å². The van der Waals surface area contributed by atoms with Gasteiger partial charge in [-0.15, -0.1) is 11.6 Å². The number of unbranched alkanes of at least 4 members (excludes halogenated alkanes) is 5. The van der Waals surface area contributed by atoms with E-state index in [2.05, 4.69) is 6.92 Å². The van der Waals surface area contributed by atoms with Crippen LogP contribution in [0.4, 0.5) is 0 Å². The van der Waals surface area contributed by atoms with E-state index in [4.69, 9.17) is 16.3 Å². The van der Waals surface area contributed by atoms with Gasteiger partial charge in [-0.05, 0) is 19.3 Å². The Morgan fingerprint density at radius 2 is 1.65 bits per heavy atom. The van der Waals surface area contributed by atoms with Crippen LogP contribution in [0.15, 0.2) is 0 Å². The monoisotopic (exact) mass is 262 g/mol. The van der Waals surface area contributed by atoms with E-state index < -0.39 is 0 Å². The molecule has 0 aromatic carbocycles. The van der Waals surface area contributed by atoms with Gasteiger partial charge in [-0.3, -0.25) is 4.79 Å². The Kier molecular flexibility index (Phi) is 12.1. The number of rotatable bonds is 11. The minimum atomic E-state index is -0.184. The molecule has 3 heteroatoms. The number of alkyl halides is 1. The minimum absolute atomic E-state index is 0.184. The third kappa shape index (κ3) is 13.7. The van der Waals surface area contributed by atoms with Gasteiger partial charge in [0.15, 0.2) is 0 Å². The molecule has 0 heterocycles. The Hall–Kier alpha value is -0.240. The maximum Gasteiger partial charge on any atom is 0.302 e. The summed E-state index contributed by atoms with van der Waals surface area (Å²) >= 11 is 6.24. The Bertz CT molecular complexity index is 183. The van der Waals surface area contributed by atoms with E-state index in [9.17, 15) is 4.79 Å². The van der Waals surface area contributed by atoms with Crippen molar-refractivity contribution in [2.24, 2.45) is 0 Å². The lowest BCUT2D eigenvalue weighted by molar-refractivity contribution is -0.141. The molecule has 0 saturated carbocycles. The summed E-state index contributed by atoms with van der Waals surface area (Å²) < 4.78 is 4.87. The molecule has 0 radical (unpaired) electrons. The molecule has 0 aromatic rings. The predicted molar refractivity (Wildman–Crippen MR) is 73.5 cm³/mol. The number of hydrogen-bond donors (Lipinski definition) is 0. The van der Waals surface area contributed by atoms with E-state index >= 15 is 0 Å². The quantitative estimate of drug-likeness (QED) is 0.307. The summed E-state index contributed by atoms with van der Waals surface area (Å²) in [6, 6.07) is 0. The largest absolute Gasteiger partial charge is 0.466 e. The van der Waals surface area contributed by atoms with Gasteiger partial charge in [0.05, 0.1) is 6.61 Å². The summed E-state index contributed by atoms with van der Waals surface area (Å²) in [7, 11) is 0. The van der Waals surface area contributed by atoms with Crippen molar-refractivity contribution in [3.8, 4) is 0 Å². The van der Waals surface area contributed by atoms with Crippen LogP contribution in [0.5, 0.6) is 0 Å². The smallest absolute Gasteiger partial charge is 0.302 e. The normalized spacial score (nSPS) is 12.4. The second-order valence-corrected chi connectivity index (χ2v) is 5.25. The third-order valence-corrected chi connectivity index (χ3v) is 3.27. The highest BCUT2D eigenvalue weighted by Crippen LogP contribution is 2.16. The van der Waals surface area contributed by atoms with Crippen molar-refractivity contribution >= 4 is 17.6 Å². The summed E-state index contributed by atoms with van der Waals surface area (Å²) in [6.45, 7) is 4.23. The van der Waals surface area contributed by atoms with Crippen LogP contribution in [-0.2, 0) is 9.53 Å². The number of carbonyl (C=O) groups is 1. The number of esters is 1. The van der Waals surface area contributed by atoms with Crippen molar-refractivity contribution in [1.29, 1.82) is 0 Å². The molecule has 1 atom stereocenters. The minimum Gasteiger partial charge on any atom is -0.466 e. The average molecular weight is 263 g/mol. The van der Waals surface area contributed by atoms with Gasteiger partial charge in [0.25, 0.3) is 0 Å². The van der Waals surface area contributed by atoms with Gasteiger partial charge < -0.3 is 4.74 Å². The molecule has 0 rings (SSSR count).